The molecule has 1 atom stereocenters. The van der Waals surface area contributed by atoms with Crippen LogP contribution in [0.3, 0.4) is 0 Å². The summed E-state index contributed by atoms with van der Waals surface area (Å²) in [5.41, 5.74) is 4.40. The van der Waals surface area contributed by atoms with Crippen LogP contribution in [0, 0.1) is 16.7 Å². The summed E-state index contributed by atoms with van der Waals surface area (Å²) in [6.45, 7) is 2.56. The molecule has 2 N–H and O–H groups in total. The van der Waals surface area contributed by atoms with E-state index in [1.165, 1.54) is 0 Å². The van der Waals surface area contributed by atoms with E-state index >= 15 is 0 Å². The van der Waals surface area contributed by atoms with Gasteiger partial charge < -0.3 is 10.1 Å². The van der Waals surface area contributed by atoms with Crippen LogP contribution in [-0.2, 0) is 0 Å². The fourth-order valence-electron chi connectivity index (χ4n) is 4.56. The van der Waals surface area contributed by atoms with Crippen LogP contribution < -0.4 is 15.0 Å². The Morgan fingerprint density at radius 3 is 2.47 bits per heavy atom. The van der Waals surface area contributed by atoms with Crippen LogP contribution in [0.1, 0.15) is 18.4 Å². The third-order valence-electron chi connectivity index (χ3n) is 6.04. The van der Waals surface area contributed by atoms with Crippen LogP contribution in [0.15, 0.2) is 104 Å². The Bertz CT molecular complexity index is 1410. The Hall–Kier alpha value is -3.60. The number of para-hydroxylation sites is 2. The summed E-state index contributed by atoms with van der Waals surface area (Å²) in [7, 11) is 0. The van der Waals surface area contributed by atoms with Crippen molar-refractivity contribution < 1.29 is 4.74 Å². The van der Waals surface area contributed by atoms with Crippen LogP contribution in [-0.4, -0.2) is 12.4 Å². The van der Waals surface area contributed by atoms with Crippen LogP contribution >= 0.6 is 23.5 Å². The minimum Gasteiger partial charge on any atom is -0.494 e. The molecule has 0 fully saturated rings. The molecule has 7 heteroatoms. The number of ether oxygens (including phenoxy) is 1. The summed E-state index contributed by atoms with van der Waals surface area (Å²) in [6, 6.07) is 26.6. The molecule has 34 heavy (non-hydrogen) atoms. The van der Waals surface area contributed by atoms with Crippen molar-refractivity contribution in [3.05, 3.63) is 99.6 Å². The number of rotatable bonds is 3. The summed E-state index contributed by atoms with van der Waals surface area (Å²) in [6.07, 6.45) is 0. The highest BCUT2D eigenvalue weighted by atomic mass is 32.2. The van der Waals surface area contributed by atoms with E-state index in [0.717, 1.165) is 48.1 Å². The highest BCUT2D eigenvalue weighted by molar-refractivity contribution is 8.04. The maximum absolute atomic E-state index is 10.4. The highest BCUT2D eigenvalue weighted by Gasteiger charge is 2.44. The molecule has 6 rings (SSSR count). The van der Waals surface area contributed by atoms with Gasteiger partial charge >= 0.3 is 0 Å². The first-order chi connectivity index (χ1) is 16.7. The second-order valence-electron chi connectivity index (χ2n) is 7.99. The van der Waals surface area contributed by atoms with Gasteiger partial charge in [-0.05, 0) is 48.9 Å². The van der Waals surface area contributed by atoms with Gasteiger partial charge in [-0.25, -0.2) is 0 Å². The zero-order valence-corrected chi connectivity index (χ0v) is 20.0. The van der Waals surface area contributed by atoms with Crippen LogP contribution in [0.2, 0.25) is 0 Å². The van der Waals surface area contributed by atoms with Crippen LogP contribution in [0.25, 0.3) is 0 Å². The molecule has 3 aliphatic rings. The molecule has 3 aromatic rings. The second-order valence-corrected chi connectivity index (χ2v) is 10.1. The second kappa shape index (κ2) is 8.32. The maximum atomic E-state index is 10.4. The van der Waals surface area contributed by atoms with Crippen molar-refractivity contribution in [2.75, 3.05) is 16.8 Å². The Morgan fingerprint density at radius 1 is 1.00 bits per heavy atom. The predicted molar refractivity (Wildman–Crippen MR) is 138 cm³/mol. The number of thioether (sulfide) groups is 2. The summed E-state index contributed by atoms with van der Waals surface area (Å²) < 4.78 is 5.64. The number of anilines is 2. The van der Waals surface area contributed by atoms with Crippen LogP contribution in [0.4, 0.5) is 11.4 Å². The number of hydrogen-bond donors (Lipinski definition) is 2. The SMILES string of the molecule is CCOc1ccc([C@@H]2C(C#N)=C3Sc4ccccc4N3C(=N)C2=C2Nc3ccccc3S2)cc1. The normalized spacial score (nSPS) is 20.4. The average Bonchev–Trinajstić information content (AvgIpc) is 3.46. The molecule has 0 aliphatic carbocycles. The van der Waals surface area contributed by atoms with Gasteiger partial charge in [-0.2, -0.15) is 5.26 Å². The van der Waals surface area contributed by atoms with Crippen molar-refractivity contribution in [3.8, 4) is 11.8 Å². The van der Waals surface area contributed by atoms with E-state index in [-0.39, 0.29) is 5.92 Å². The lowest BCUT2D eigenvalue weighted by Crippen LogP contribution is -2.37. The predicted octanol–water partition coefficient (Wildman–Crippen LogP) is 6.94. The minimum atomic E-state index is -0.356. The molecular formula is C27H20N4OS2. The van der Waals surface area contributed by atoms with Crippen molar-refractivity contribution in [2.24, 2.45) is 0 Å². The van der Waals surface area contributed by atoms with Crippen LogP contribution in [0.5, 0.6) is 5.75 Å². The van der Waals surface area contributed by atoms with E-state index in [2.05, 4.69) is 17.5 Å². The van der Waals surface area contributed by atoms with Crippen molar-refractivity contribution in [2.45, 2.75) is 22.6 Å². The number of benzene rings is 3. The third kappa shape index (κ3) is 3.22. The topological polar surface area (TPSA) is 72.1 Å². The van der Waals surface area contributed by atoms with Gasteiger partial charge in [-0.1, -0.05) is 59.9 Å². The molecule has 0 aromatic heterocycles. The number of nitriles is 1. The molecule has 166 valence electrons. The number of allylic oxidation sites excluding steroid dienone is 1. The fourth-order valence-corrected chi connectivity index (χ4v) is 6.81. The number of nitrogens with zero attached hydrogens (tertiary/aromatic N) is 2. The molecule has 3 heterocycles. The van der Waals surface area contributed by atoms with E-state index in [1.54, 1.807) is 23.5 Å². The van der Waals surface area contributed by atoms with E-state index in [0.29, 0.717) is 18.0 Å². The van der Waals surface area contributed by atoms with Gasteiger partial charge in [0.05, 0.1) is 40.6 Å². The van der Waals surface area contributed by atoms with Crippen molar-refractivity contribution in [1.29, 1.82) is 10.7 Å². The van der Waals surface area contributed by atoms with E-state index in [4.69, 9.17) is 4.74 Å². The first kappa shape index (κ1) is 21.0. The monoisotopic (exact) mass is 480 g/mol. The Morgan fingerprint density at radius 2 is 1.74 bits per heavy atom. The first-order valence-corrected chi connectivity index (χ1v) is 12.6. The molecule has 0 spiro atoms. The summed E-state index contributed by atoms with van der Waals surface area (Å²) >= 11 is 3.19. The standard InChI is InChI=1S/C27H20N4OS2/c1-2-32-17-13-11-16(12-14-17)23-18(15-28)27-31(20-8-4-6-10-22(20)34-27)25(29)24(23)26-30-19-7-3-5-9-21(19)33-26/h3-14,23,29-30H,2H2,1H3/t23-/m1/s1. The first-order valence-electron chi connectivity index (χ1n) is 11.0. The molecule has 0 radical (unpaired) electrons. The van der Waals surface area contributed by atoms with Crippen molar-refractivity contribution in [1.82, 2.24) is 0 Å². The van der Waals surface area contributed by atoms with Gasteiger partial charge in [-0.3, -0.25) is 10.3 Å². The molecule has 3 aliphatic heterocycles. The largest absolute Gasteiger partial charge is 0.494 e. The Balaban J connectivity index is 1.56. The number of nitrogens with one attached hydrogen (secondary N) is 2. The minimum absolute atomic E-state index is 0.356. The number of amidine groups is 1. The molecule has 0 saturated heterocycles. The van der Waals surface area contributed by atoms with E-state index in [9.17, 15) is 10.7 Å². The zero-order chi connectivity index (χ0) is 23.2. The zero-order valence-electron chi connectivity index (χ0n) is 18.3. The lowest BCUT2D eigenvalue weighted by molar-refractivity contribution is 0.340. The molecule has 0 bridgehead atoms. The van der Waals surface area contributed by atoms with E-state index in [1.807, 2.05) is 78.6 Å². The van der Waals surface area contributed by atoms with Gasteiger partial charge in [-0.15, -0.1) is 0 Å². The molecule has 0 unspecified atom stereocenters. The van der Waals surface area contributed by atoms with Gasteiger partial charge in [0.15, 0.2) is 0 Å². The summed E-state index contributed by atoms with van der Waals surface area (Å²) in [5.74, 6) is 0.834. The van der Waals surface area contributed by atoms with Gasteiger partial charge in [0.2, 0.25) is 0 Å². The van der Waals surface area contributed by atoms with Gasteiger partial charge in [0.1, 0.15) is 16.6 Å². The fraction of sp³-hybridized carbons (Fsp3) is 0.111. The maximum Gasteiger partial charge on any atom is 0.137 e. The third-order valence-corrected chi connectivity index (χ3v) is 8.30. The quantitative estimate of drug-likeness (QED) is 0.423. The van der Waals surface area contributed by atoms with E-state index < -0.39 is 0 Å². The van der Waals surface area contributed by atoms with Crippen molar-refractivity contribution >= 4 is 40.7 Å². The summed E-state index contributed by atoms with van der Waals surface area (Å²) in [4.78, 5) is 4.10. The Kier molecular flexibility index (Phi) is 5.13. The molecule has 0 amide bonds. The average molecular weight is 481 g/mol. The number of hydrogen-bond acceptors (Lipinski definition) is 6. The molecule has 0 saturated carbocycles. The Labute approximate surface area is 206 Å². The molecular weight excluding hydrogens is 460 g/mol. The lowest BCUT2D eigenvalue weighted by atomic mass is 9.82. The van der Waals surface area contributed by atoms with Crippen molar-refractivity contribution in [3.63, 3.8) is 0 Å². The van der Waals surface area contributed by atoms with Gasteiger partial charge in [0, 0.05) is 15.4 Å². The molecule has 3 aromatic carbocycles. The lowest BCUT2D eigenvalue weighted by Gasteiger charge is -2.35. The smallest absolute Gasteiger partial charge is 0.137 e. The summed E-state index contributed by atoms with van der Waals surface area (Å²) in [5, 5.41) is 25.0. The molecule has 5 nitrogen and oxygen atoms in total. The number of fused-ring (bicyclic) bond motifs is 4. The highest BCUT2D eigenvalue weighted by Crippen LogP contribution is 2.56. The van der Waals surface area contributed by atoms with Gasteiger partial charge in [0.25, 0.3) is 0 Å².